The van der Waals surface area contributed by atoms with Gasteiger partial charge in [0.05, 0.1) is 18.8 Å². The second-order valence-corrected chi connectivity index (χ2v) is 9.65. The van der Waals surface area contributed by atoms with Gasteiger partial charge in [0, 0.05) is 31.3 Å². The van der Waals surface area contributed by atoms with E-state index in [0.717, 1.165) is 63.8 Å². The summed E-state index contributed by atoms with van der Waals surface area (Å²) in [7, 11) is 0. The molecule has 4 aliphatic heterocycles. The highest BCUT2D eigenvalue weighted by atomic mass is 16.5. The monoisotopic (exact) mass is 428 g/mol. The van der Waals surface area contributed by atoms with Gasteiger partial charge in [0.1, 0.15) is 18.5 Å². The molecule has 1 amide bonds. The Balaban J connectivity index is 1.31. The zero-order chi connectivity index (χ0) is 21.2. The van der Waals surface area contributed by atoms with Gasteiger partial charge < -0.3 is 19.5 Å². The number of rotatable bonds is 2. The molecule has 1 aliphatic carbocycles. The normalized spacial score (nSPS) is 34.0. The third-order valence-electron chi connectivity index (χ3n) is 7.72. The standard InChI is InChI=1S/C25H36N2O4/c1-17-4-2-5-22-24(17)18-7-9-19(10-8-18)31-16-21-20(11-12-27(21)13-15-30-22)26-25(28)23-6-3-14-29-23/h2,4-5,18-21,23H,3,6-16H2,1H3,(H,26,28)/t18?,19?,20-,21-,23+/m0/s1. The van der Waals surface area contributed by atoms with Crippen LogP contribution in [0.5, 0.6) is 5.75 Å². The number of ether oxygens (including phenoxy) is 3. The third-order valence-corrected chi connectivity index (χ3v) is 7.72. The largest absolute Gasteiger partial charge is 0.492 e. The molecule has 1 saturated carbocycles. The highest BCUT2D eigenvalue weighted by Crippen LogP contribution is 2.40. The van der Waals surface area contributed by atoms with Crippen molar-refractivity contribution < 1.29 is 19.0 Å². The first-order chi connectivity index (χ1) is 15.2. The van der Waals surface area contributed by atoms with E-state index >= 15 is 0 Å². The van der Waals surface area contributed by atoms with E-state index in [4.69, 9.17) is 14.2 Å². The molecule has 6 rings (SSSR count). The summed E-state index contributed by atoms with van der Waals surface area (Å²) < 4.78 is 18.4. The molecular weight excluding hydrogens is 392 g/mol. The van der Waals surface area contributed by atoms with E-state index in [1.165, 1.54) is 11.1 Å². The molecule has 0 radical (unpaired) electrons. The Hall–Kier alpha value is -1.63. The minimum Gasteiger partial charge on any atom is -0.492 e. The van der Waals surface area contributed by atoms with Crippen LogP contribution in [0.3, 0.4) is 0 Å². The topological polar surface area (TPSA) is 60.0 Å². The maximum Gasteiger partial charge on any atom is 0.249 e. The summed E-state index contributed by atoms with van der Waals surface area (Å²) in [5, 5.41) is 3.28. The zero-order valence-corrected chi connectivity index (χ0v) is 18.7. The van der Waals surface area contributed by atoms with Crippen LogP contribution in [0.25, 0.3) is 0 Å². The van der Waals surface area contributed by atoms with Crippen LogP contribution in [0.1, 0.15) is 62.0 Å². The van der Waals surface area contributed by atoms with Crippen molar-refractivity contribution in [1.82, 2.24) is 10.2 Å². The second-order valence-electron chi connectivity index (χ2n) is 9.65. The molecule has 3 fully saturated rings. The van der Waals surface area contributed by atoms with Gasteiger partial charge >= 0.3 is 0 Å². The molecule has 1 aromatic carbocycles. The molecule has 1 N–H and O–H groups in total. The lowest BCUT2D eigenvalue weighted by Gasteiger charge is -2.32. The van der Waals surface area contributed by atoms with Crippen molar-refractivity contribution in [1.29, 1.82) is 0 Å². The number of aryl methyl sites for hydroxylation is 1. The van der Waals surface area contributed by atoms with E-state index < -0.39 is 0 Å². The molecule has 2 bridgehead atoms. The third kappa shape index (κ3) is 4.62. The Morgan fingerprint density at radius 3 is 2.71 bits per heavy atom. The molecule has 6 nitrogen and oxygen atoms in total. The molecule has 6 heteroatoms. The molecule has 0 spiro atoms. The smallest absolute Gasteiger partial charge is 0.249 e. The summed E-state index contributed by atoms with van der Waals surface area (Å²) in [6, 6.07) is 6.77. The van der Waals surface area contributed by atoms with E-state index in [1.54, 1.807) is 0 Å². The number of hydrogen-bond acceptors (Lipinski definition) is 5. The molecule has 1 aromatic rings. The first-order valence-electron chi connectivity index (χ1n) is 12.2. The fourth-order valence-corrected chi connectivity index (χ4v) is 5.97. The van der Waals surface area contributed by atoms with Gasteiger partial charge in [-0.1, -0.05) is 12.1 Å². The van der Waals surface area contributed by atoms with Gasteiger partial charge in [-0.05, 0) is 69.4 Å². The van der Waals surface area contributed by atoms with E-state index in [0.29, 0.717) is 31.8 Å². The number of amides is 1. The highest BCUT2D eigenvalue weighted by molar-refractivity contribution is 5.81. The lowest BCUT2D eigenvalue weighted by Crippen LogP contribution is -2.50. The molecule has 4 heterocycles. The first-order valence-corrected chi connectivity index (χ1v) is 12.2. The Labute approximate surface area is 185 Å². The van der Waals surface area contributed by atoms with Gasteiger partial charge in [-0.25, -0.2) is 0 Å². The molecule has 170 valence electrons. The number of benzene rings is 1. The average Bonchev–Trinajstić information content (AvgIpc) is 3.43. The molecule has 0 unspecified atom stereocenters. The number of nitrogens with one attached hydrogen (secondary N) is 1. The molecule has 5 aliphatic rings. The number of carbonyl (C=O) groups is 1. The van der Waals surface area contributed by atoms with Crippen LogP contribution in [0.4, 0.5) is 0 Å². The van der Waals surface area contributed by atoms with E-state index in [2.05, 4.69) is 35.3 Å². The van der Waals surface area contributed by atoms with Crippen LogP contribution in [0, 0.1) is 6.92 Å². The number of hydrogen-bond donors (Lipinski definition) is 1. The highest BCUT2D eigenvalue weighted by Gasteiger charge is 2.38. The predicted molar refractivity (Wildman–Crippen MR) is 119 cm³/mol. The first kappa shape index (κ1) is 21.2. The van der Waals surface area contributed by atoms with E-state index in [-0.39, 0.29) is 24.1 Å². The minimum absolute atomic E-state index is 0.0495. The molecule has 3 atom stereocenters. The van der Waals surface area contributed by atoms with Crippen molar-refractivity contribution in [3.05, 3.63) is 29.3 Å². The van der Waals surface area contributed by atoms with Gasteiger partial charge in [-0.2, -0.15) is 0 Å². The lowest BCUT2D eigenvalue weighted by atomic mass is 9.80. The van der Waals surface area contributed by atoms with Crippen LogP contribution in [0.2, 0.25) is 0 Å². The summed E-state index contributed by atoms with van der Waals surface area (Å²) in [5.74, 6) is 1.67. The zero-order valence-electron chi connectivity index (χ0n) is 18.7. The van der Waals surface area contributed by atoms with Gasteiger partial charge in [-0.15, -0.1) is 0 Å². The van der Waals surface area contributed by atoms with Crippen LogP contribution in [-0.2, 0) is 14.3 Å². The Kier molecular flexibility index (Phi) is 6.49. The number of fused-ring (bicyclic) bond motifs is 5. The Bertz CT molecular complexity index is 771. The fraction of sp³-hybridized carbons (Fsp3) is 0.720. The summed E-state index contributed by atoms with van der Waals surface area (Å²) in [4.78, 5) is 15.1. The van der Waals surface area contributed by atoms with Crippen LogP contribution < -0.4 is 10.1 Å². The van der Waals surface area contributed by atoms with Crippen molar-refractivity contribution in [2.45, 2.75) is 82.1 Å². The minimum atomic E-state index is -0.275. The maximum atomic E-state index is 12.7. The SMILES string of the molecule is Cc1cccc2c1C1CCC(CC1)OC[C@H]1[C@@H](NC(=O)[C@H]3CCCO3)CCN1CCO2. The van der Waals surface area contributed by atoms with Crippen molar-refractivity contribution in [3.8, 4) is 5.75 Å². The average molecular weight is 429 g/mol. The summed E-state index contributed by atoms with van der Waals surface area (Å²) >= 11 is 0. The van der Waals surface area contributed by atoms with Crippen molar-refractivity contribution >= 4 is 5.91 Å². The quantitative estimate of drug-likeness (QED) is 0.784. The predicted octanol–water partition coefficient (Wildman–Crippen LogP) is 3.17. The molecule has 2 saturated heterocycles. The van der Waals surface area contributed by atoms with E-state index in [9.17, 15) is 4.79 Å². The van der Waals surface area contributed by atoms with Crippen molar-refractivity contribution in [2.75, 3.05) is 32.9 Å². The summed E-state index contributed by atoms with van der Waals surface area (Å²) in [6.45, 7) is 6.06. The van der Waals surface area contributed by atoms with Crippen LogP contribution >= 0.6 is 0 Å². The molecule has 31 heavy (non-hydrogen) atoms. The van der Waals surface area contributed by atoms with Gasteiger partial charge in [0.2, 0.25) is 5.91 Å². The van der Waals surface area contributed by atoms with Gasteiger partial charge in [0.25, 0.3) is 0 Å². The lowest BCUT2D eigenvalue weighted by molar-refractivity contribution is -0.131. The summed E-state index contributed by atoms with van der Waals surface area (Å²) in [5.41, 5.74) is 2.74. The molecule has 0 aromatic heterocycles. The van der Waals surface area contributed by atoms with Crippen molar-refractivity contribution in [3.63, 3.8) is 0 Å². The fourth-order valence-electron chi connectivity index (χ4n) is 5.97. The second kappa shape index (κ2) is 9.47. The number of nitrogens with zero attached hydrogens (tertiary/aromatic N) is 1. The summed E-state index contributed by atoms with van der Waals surface area (Å²) in [6.07, 6.45) is 7.30. The van der Waals surface area contributed by atoms with Gasteiger partial charge in [-0.3, -0.25) is 9.69 Å². The van der Waals surface area contributed by atoms with Gasteiger partial charge in [0.15, 0.2) is 0 Å². The Morgan fingerprint density at radius 1 is 1.03 bits per heavy atom. The molecular formula is C25H36N2O4. The van der Waals surface area contributed by atoms with Crippen LogP contribution in [-0.4, -0.2) is 68.0 Å². The Morgan fingerprint density at radius 2 is 1.90 bits per heavy atom. The number of carbonyl (C=O) groups excluding carboxylic acids is 1. The maximum absolute atomic E-state index is 12.7. The van der Waals surface area contributed by atoms with Crippen LogP contribution in [0.15, 0.2) is 18.2 Å². The van der Waals surface area contributed by atoms with E-state index in [1.807, 2.05) is 0 Å². The van der Waals surface area contributed by atoms with Crippen molar-refractivity contribution in [2.24, 2.45) is 0 Å².